The van der Waals surface area contributed by atoms with Crippen LogP contribution >= 0.6 is 11.6 Å². The standard InChI is InChI=1S/C13H12ClF3N2O3/c14-5-11(20)19-8(6-18-12(21)13(15,16)17)7-22-10-4-2-1-3-9(10)19/h1-4,8H,5-7H2,(H,18,21). The minimum absolute atomic E-state index is 0.0439. The van der Waals surface area contributed by atoms with E-state index < -0.39 is 30.6 Å². The van der Waals surface area contributed by atoms with Crippen LogP contribution in [0.2, 0.25) is 0 Å². The molecule has 0 aromatic heterocycles. The number of hydrogen-bond donors (Lipinski definition) is 1. The van der Waals surface area contributed by atoms with Gasteiger partial charge in [-0.1, -0.05) is 12.1 Å². The van der Waals surface area contributed by atoms with Crippen molar-refractivity contribution in [1.82, 2.24) is 5.32 Å². The molecule has 120 valence electrons. The molecule has 2 rings (SSSR count). The molecule has 1 aromatic carbocycles. The number of carbonyl (C=O) groups excluding carboxylic acids is 2. The summed E-state index contributed by atoms with van der Waals surface area (Å²) in [4.78, 5) is 24.1. The molecule has 1 heterocycles. The van der Waals surface area contributed by atoms with Gasteiger partial charge in [0.15, 0.2) is 0 Å². The molecule has 9 heteroatoms. The van der Waals surface area contributed by atoms with Crippen molar-refractivity contribution in [1.29, 1.82) is 0 Å². The maximum atomic E-state index is 12.2. The zero-order valence-corrected chi connectivity index (χ0v) is 11.9. The largest absolute Gasteiger partial charge is 0.489 e. The molecule has 0 aliphatic carbocycles. The summed E-state index contributed by atoms with van der Waals surface area (Å²) in [6.07, 6.45) is -4.98. The lowest BCUT2D eigenvalue weighted by atomic mass is 10.1. The van der Waals surface area contributed by atoms with E-state index in [1.54, 1.807) is 29.6 Å². The van der Waals surface area contributed by atoms with Crippen LogP contribution in [0.1, 0.15) is 0 Å². The fourth-order valence-electron chi connectivity index (χ4n) is 2.10. The molecule has 0 spiro atoms. The topological polar surface area (TPSA) is 58.6 Å². The number of rotatable bonds is 3. The third-order valence-electron chi connectivity index (χ3n) is 3.06. The summed E-state index contributed by atoms with van der Waals surface area (Å²) in [5, 5.41) is 1.75. The summed E-state index contributed by atoms with van der Waals surface area (Å²) < 4.78 is 42.1. The van der Waals surface area contributed by atoms with Crippen molar-refractivity contribution < 1.29 is 27.5 Å². The number of anilines is 1. The van der Waals surface area contributed by atoms with Crippen LogP contribution < -0.4 is 15.0 Å². The van der Waals surface area contributed by atoms with Gasteiger partial charge in [0.05, 0.1) is 11.7 Å². The molecular weight excluding hydrogens is 325 g/mol. The second-order valence-corrected chi connectivity index (χ2v) is 4.80. The second-order valence-electron chi connectivity index (χ2n) is 4.54. The number of fused-ring (bicyclic) bond motifs is 1. The van der Waals surface area contributed by atoms with Crippen molar-refractivity contribution in [3.8, 4) is 5.75 Å². The van der Waals surface area contributed by atoms with Gasteiger partial charge in [-0.05, 0) is 12.1 Å². The Morgan fingerprint density at radius 3 is 2.68 bits per heavy atom. The van der Waals surface area contributed by atoms with Gasteiger partial charge in [0, 0.05) is 6.54 Å². The quantitative estimate of drug-likeness (QED) is 0.855. The van der Waals surface area contributed by atoms with Gasteiger partial charge in [0.25, 0.3) is 0 Å². The molecule has 0 fully saturated rings. The highest BCUT2D eigenvalue weighted by molar-refractivity contribution is 6.29. The number of amides is 2. The van der Waals surface area contributed by atoms with Crippen molar-refractivity contribution >= 4 is 29.1 Å². The summed E-state index contributed by atoms with van der Waals surface area (Å²) in [5.41, 5.74) is 0.408. The van der Waals surface area contributed by atoms with E-state index in [1.807, 2.05) is 0 Å². The number of para-hydroxylation sites is 2. The highest BCUT2D eigenvalue weighted by Gasteiger charge is 2.40. The average Bonchev–Trinajstić information content (AvgIpc) is 2.50. The Morgan fingerprint density at radius 2 is 2.05 bits per heavy atom. The summed E-state index contributed by atoms with van der Waals surface area (Å²) in [6, 6.07) is 5.82. The highest BCUT2D eigenvalue weighted by Crippen LogP contribution is 2.33. The molecule has 0 bridgehead atoms. The Hall–Kier alpha value is -1.96. The monoisotopic (exact) mass is 336 g/mol. The number of hydrogen-bond acceptors (Lipinski definition) is 3. The van der Waals surface area contributed by atoms with E-state index in [4.69, 9.17) is 16.3 Å². The summed E-state index contributed by atoms with van der Waals surface area (Å²) in [5.74, 6) is -2.45. The minimum Gasteiger partial charge on any atom is -0.489 e. The Balaban J connectivity index is 2.17. The molecule has 0 radical (unpaired) electrons. The van der Waals surface area contributed by atoms with Gasteiger partial charge in [0.1, 0.15) is 18.2 Å². The summed E-state index contributed by atoms with van der Waals surface area (Å²) >= 11 is 5.55. The molecule has 1 N–H and O–H groups in total. The van der Waals surface area contributed by atoms with E-state index in [1.165, 1.54) is 4.90 Å². The lowest BCUT2D eigenvalue weighted by Crippen LogP contribution is -2.54. The first kappa shape index (κ1) is 16.4. The van der Waals surface area contributed by atoms with Gasteiger partial charge in [-0.2, -0.15) is 13.2 Å². The normalized spacial score (nSPS) is 17.5. The smallest absolute Gasteiger partial charge is 0.471 e. The van der Waals surface area contributed by atoms with E-state index in [0.717, 1.165) is 0 Å². The molecule has 0 saturated carbocycles. The van der Waals surface area contributed by atoms with Crippen LogP contribution in [0.4, 0.5) is 18.9 Å². The Bertz CT molecular complexity index is 580. The fourth-order valence-corrected chi connectivity index (χ4v) is 2.23. The van der Waals surface area contributed by atoms with Gasteiger partial charge in [0.2, 0.25) is 5.91 Å². The van der Waals surface area contributed by atoms with Gasteiger partial charge < -0.3 is 10.1 Å². The fraction of sp³-hybridized carbons (Fsp3) is 0.385. The Kier molecular flexibility index (Phi) is 4.80. The third kappa shape index (κ3) is 3.44. The van der Waals surface area contributed by atoms with Crippen molar-refractivity contribution in [2.75, 3.05) is 23.9 Å². The van der Waals surface area contributed by atoms with Crippen molar-refractivity contribution in [2.45, 2.75) is 12.2 Å². The zero-order valence-electron chi connectivity index (χ0n) is 11.2. The van der Waals surface area contributed by atoms with Crippen LogP contribution in [0.25, 0.3) is 0 Å². The van der Waals surface area contributed by atoms with Crippen LogP contribution in [-0.2, 0) is 9.59 Å². The summed E-state index contributed by atoms with van der Waals surface area (Å²) in [6.45, 7) is -0.437. The number of alkyl halides is 4. The SMILES string of the molecule is O=C(CCl)N1c2ccccc2OCC1CNC(=O)C(F)(F)F. The van der Waals surface area contributed by atoms with Crippen molar-refractivity contribution in [3.05, 3.63) is 24.3 Å². The second kappa shape index (κ2) is 6.43. The molecule has 1 atom stereocenters. The predicted molar refractivity (Wildman–Crippen MR) is 73.0 cm³/mol. The lowest BCUT2D eigenvalue weighted by Gasteiger charge is -2.36. The molecule has 0 saturated heterocycles. The van der Waals surface area contributed by atoms with Crippen LogP contribution in [0.3, 0.4) is 0 Å². The first-order valence-electron chi connectivity index (χ1n) is 6.29. The molecule has 1 aliphatic heterocycles. The van der Waals surface area contributed by atoms with Crippen molar-refractivity contribution in [2.24, 2.45) is 0 Å². The average molecular weight is 337 g/mol. The number of nitrogens with one attached hydrogen (secondary N) is 1. The van der Waals surface area contributed by atoms with Crippen molar-refractivity contribution in [3.63, 3.8) is 0 Å². The third-order valence-corrected chi connectivity index (χ3v) is 3.29. The molecule has 5 nitrogen and oxygen atoms in total. The maximum Gasteiger partial charge on any atom is 0.471 e. The van der Waals surface area contributed by atoms with E-state index in [-0.39, 0.29) is 12.5 Å². The van der Waals surface area contributed by atoms with Crippen LogP contribution in [-0.4, -0.2) is 43.1 Å². The van der Waals surface area contributed by atoms with Gasteiger partial charge in [-0.3, -0.25) is 14.5 Å². The lowest BCUT2D eigenvalue weighted by molar-refractivity contribution is -0.173. The van der Waals surface area contributed by atoms with E-state index >= 15 is 0 Å². The van der Waals surface area contributed by atoms with E-state index in [0.29, 0.717) is 11.4 Å². The molecule has 22 heavy (non-hydrogen) atoms. The highest BCUT2D eigenvalue weighted by atomic mass is 35.5. The van der Waals surface area contributed by atoms with Gasteiger partial charge in [-0.25, -0.2) is 0 Å². The minimum atomic E-state index is -4.98. The number of benzene rings is 1. The zero-order chi connectivity index (χ0) is 16.3. The summed E-state index contributed by atoms with van der Waals surface area (Å²) in [7, 11) is 0. The Labute approximate surface area is 129 Å². The van der Waals surface area contributed by atoms with Crippen LogP contribution in [0.15, 0.2) is 24.3 Å². The maximum absolute atomic E-state index is 12.2. The Morgan fingerprint density at radius 1 is 1.36 bits per heavy atom. The molecule has 1 unspecified atom stereocenters. The van der Waals surface area contributed by atoms with E-state index in [9.17, 15) is 22.8 Å². The molecular formula is C13H12ClF3N2O3. The predicted octanol–water partition coefficient (Wildman–Crippen LogP) is 1.70. The first-order valence-corrected chi connectivity index (χ1v) is 6.83. The number of ether oxygens (including phenoxy) is 1. The van der Waals surface area contributed by atoms with E-state index in [2.05, 4.69) is 0 Å². The number of halogens is 4. The van der Waals surface area contributed by atoms with Gasteiger partial charge in [-0.15, -0.1) is 11.6 Å². The number of carbonyl (C=O) groups is 2. The van der Waals surface area contributed by atoms with Crippen LogP contribution in [0, 0.1) is 0 Å². The molecule has 1 aromatic rings. The number of nitrogens with zero attached hydrogens (tertiary/aromatic N) is 1. The molecule has 2 amide bonds. The van der Waals surface area contributed by atoms with Crippen LogP contribution in [0.5, 0.6) is 5.75 Å². The van der Waals surface area contributed by atoms with Gasteiger partial charge >= 0.3 is 12.1 Å². The molecule has 1 aliphatic rings. The first-order chi connectivity index (χ1) is 10.3.